The first-order chi connectivity index (χ1) is 11.1. The average Bonchev–Trinajstić information content (AvgIpc) is 3.30. The van der Waals surface area contributed by atoms with Gasteiger partial charge in [-0.1, -0.05) is 18.2 Å². The standard InChI is InChI=1S/C16H19N3O3S/c20-23(21,15-4-2-1-3-5-15)19-8-6-16(12-19)10-14(11-22-16)18-9-7-17-13-18/h1-5,7,9,13-14H,6,8,10-12H2/t14-,16+/m0/s1. The van der Waals surface area contributed by atoms with Crippen LogP contribution in [0.2, 0.25) is 0 Å². The molecule has 7 heteroatoms. The first-order valence-electron chi connectivity index (χ1n) is 7.76. The molecule has 2 aliphatic heterocycles. The SMILES string of the molecule is O=S(=O)(c1ccccc1)N1CC[C@@]2(C[C@H](n3ccnc3)CO2)C1. The lowest BCUT2D eigenvalue weighted by Gasteiger charge is -2.23. The van der Waals surface area contributed by atoms with Crippen molar-refractivity contribution in [2.75, 3.05) is 19.7 Å². The molecule has 1 aromatic carbocycles. The lowest BCUT2D eigenvalue weighted by molar-refractivity contribution is 0.0165. The number of imidazole rings is 1. The van der Waals surface area contributed by atoms with Crippen molar-refractivity contribution in [1.82, 2.24) is 13.9 Å². The molecule has 0 unspecified atom stereocenters. The fourth-order valence-corrected chi connectivity index (χ4v) is 5.07. The monoisotopic (exact) mass is 333 g/mol. The molecule has 0 aliphatic carbocycles. The van der Waals surface area contributed by atoms with E-state index in [9.17, 15) is 8.42 Å². The number of hydrogen-bond donors (Lipinski definition) is 0. The highest BCUT2D eigenvalue weighted by Crippen LogP contribution is 2.41. The second-order valence-corrected chi connectivity index (χ2v) is 8.20. The van der Waals surface area contributed by atoms with Gasteiger partial charge in [0.25, 0.3) is 0 Å². The Morgan fingerprint density at radius 2 is 2.09 bits per heavy atom. The zero-order chi connectivity index (χ0) is 15.9. The van der Waals surface area contributed by atoms with Crippen LogP contribution < -0.4 is 0 Å². The summed E-state index contributed by atoms with van der Waals surface area (Å²) in [6.07, 6.45) is 7.04. The van der Waals surface area contributed by atoms with E-state index in [1.165, 1.54) is 0 Å². The first-order valence-corrected chi connectivity index (χ1v) is 9.20. The molecule has 3 heterocycles. The molecule has 122 valence electrons. The van der Waals surface area contributed by atoms with Crippen LogP contribution in [0.25, 0.3) is 0 Å². The van der Waals surface area contributed by atoms with Crippen LogP contribution in [0.5, 0.6) is 0 Å². The van der Waals surface area contributed by atoms with Crippen LogP contribution in [-0.2, 0) is 14.8 Å². The molecule has 2 saturated heterocycles. The van der Waals surface area contributed by atoms with Gasteiger partial charge in [0.05, 0.1) is 29.5 Å². The Morgan fingerprint density at radius 1 is 1.26 bits per heavy atom. The highest BCUT2D eigenvalue weighted by molar-refractivity contribution is 7.89. The number of nitrogens with zero attached hydrogens (tertiary/aromatic N) is 3. The van der Waals surface area contributed by atoms with Crippen molar-refractivity contribution in [2.45, 2.75) is 29.4 Å². The van der Waals surface area contributed by atoms with Gasteiger partial charge in [0, 0.05) is 31.9 Å². The Balaban J connectivity index is 1.52. The fourth-order valence-electron chi connectivity index (χ4n) is 3.54. The van der Waals surface area contributed by atoms with Crippen LogP contribution in [0.4, 0.5) is 0 Å². The number of ether oxygens (including phenoxy) is 1. The molecule has 0 radical (unpaired) electrons. The van der Waals surface area contributed by atoms with Gasteiger partial charge < -0.3 is 9.30 Å². The van der Waals surface area contributed by atoms with E-state index >= 15 is 0 Å². The third kappa shape index (κ3) is 2.58. The fraction of sp³-hybridized carbons (Fsp3) is 0.438. The van der Waals surface area contributed by atoms with Gasteiger partial charge >= 0.3 is 0 Å². The van der Waals surface area contributed by atoms with Gasteiger partial charge in [0.15, 0.2) is 0 Å². The van der Waals surface area contributed by atoms with E-state index in [1.54, 1.807) is 41.1 Å². The van der Waals surface area contributed by atoms with E-state index < -0.39 is 10.0 Å². The molecule has 6 nitrogen and oxygen atoms in total. The van der Waals surface area contributed by atoms with E-state index in [1.807, 2.05) is 16.8 Å². The molecule has 2 aliphatic rings. The molecule has 0 N–H and O–H groups in total. The third-order valence-corrected chi connectivity index (χ3v) is 6.66. The molecular formula is C16H19N3O3S. The summed E-state index contributed by atoms with van der Waals surface area (Å²) in [7, 11) is -3.44. The minimum absolute atomic E-state index is 0.233. The molecule has 4 rings (SSSR count). The smallest absolute Gasteiger partial charge is 0.243 e. The topological polar surface area (TPSA) is 64.4 Å². The van der Waals surface area contributed by atoms with E-state index in [0.717, 1.165) is 12.8 Å². The summed E-state index contributed by atoms with van der Waals surface area (Å²) in [5, 5.41) is 0. The Kier molecular flexibility index (Phi) is 3.51. The summed E-state index contributed by atoms with van der Waals surface area (Å²) in [6, 6.07) is 8.84. The van der Waals surface area contributed by atoms with E-state index in [0.29, 0.717) is 24.6 Å². The first kappa shape index (κ1) is 14.9. The molecule has 23 heavy (non-hydrogen) atoms. The number of sulfonamides is 1. The molecule has 2 fully saturated rings. The van der Waals surface area contributed by atoms with Crippen molar-refractivity contribution in [3.05, 3.63) is 49.1 Å². The number of benzene rings is 1. The Hall–Kier alpha value is -1.70. The highest BCUT2D eigenvalue weighted by Gasteiger charge is 2.48. The van der Waals surface area contributed by atoms with Crippen LogP contribution in [0.15, 0.2) is 53.9 Å². The number of aromatic nitrogens is 2. The number of rotatable bonds is 3. The van der Waals surface area contributed by atoms with Gasteiger partial charge in [-0.25, -0.2) is 13.4 Å². The van der Waals surface area contributed by atoms with Gasteiger partial charge in [-0.15, -0.1) is 0 Å². The molecular weight excluding hydrogens is 314 g/mol. The van der Waals surface area contributed by atoms with Gasteiger partial charge in [-0.05, 0) is 18.6 Å². The molecule has 1 spiro atoms. The maximum Gasteiger partial charge on any atom is 0.243 e. The summed E-state index contributed by atoms with van der Waals surface area (Å²) in [6.45, 7) is 1.54. The minimum Gasteiger partial charge on any atom is -0.371 e. The molecule has 0 amide bonds. The van der Waals surface area contributed by atoms with Crippen LogP contribution in [0, 0.1) is 0 Å². The van der Waals surface area contributed by atoms with Crippen molar-refractivity contribution in [2.24, 2.45) is 0 Å². The molecule has 0 bridgehead atoms. The lowest BCUT2D eigenvalue weighted by atomic mass is 9.97. The van der Waals surface area contributed by atoms with Crippen molar-refractivity contribution in [3.63, 3.8) is 0 Å². The van der Waals surface area contributed by atoms with Crippen molar-refractivity contribution in [1.29, 1.82) is 0 Å². The molecule has 2 atom stereocenters. The van der Waals surface area contributed by atoms with Gasteiger partial charge in [-0.3, -0.25) is 0 Å². The summed E-state index contributed by atoms with van der Waals surface area (Å²) in [4.78, 5) is 4.43. The predicted octanol–water partition coefficient (Wildman–Crippen LogP) is 1.68. The van der Waals surface area contributed by atoms with Crippen LogP contribution in [0.1, 0.15) is 18.9 Å². The van der Waals surface area contributed by atoms with Crippen molar-refractivity contribution in [3.8, 4) is 0 Å². The maximum atomic E-state index is 12.7. The van der Waals surface area contributed by atoms with E-state index in [-0.39, 0.29) is 11.6 Å². The third-order valence-electron chi connectivity index (χ3n) is 4.80. The molecule has 1 aromatic heterocycles. The number of hydrogen-bond acceptors (Lipinski definition) is 4. The normalized spacial score (nSPS) is 28.6. The van der Waals surface area contributed by atoms with Crippen molar-refractivity contribution < 1.29 is 13.2 Å². The summed E-state index contributed by atoms with van der Waals surface area (Å²) in [5.74, 6) is 0. The zero-order valence-corrected chi connectivity index (χ0v) is 13.5. The maximum absolute atomic E-state index is 12.7. The molecule has 2 aromatic rings. The Bertz CT molecular complexity index is 776. The Labute approximate surface area is 135 Å². The molecule has 0 saturated carbocycles. The van der Waals surface area contributed by atoms with Crippen molar-refractivity contribution >= 4 is 10.0 Å². The second kappa shape index (κ2) is 5.43. The summed E-state index contributed by atoms with van der Waals surface area (Å²) < 4.78 is 35.1. The predicted molar refractivity (Wildman–Crippen MR) is 84.4 cm³/mol. The average molecular weight is 333 g/mol. The highest BCUT2D eigenvalue weighted by atomic mass is 32.2. The second-order valence-electron chi connectivity index (χ2n) is 6.26. The largest absolute Gasteiger partial charge is 0.371 e. The van der Waals surface area contributed by atoms with Gasteiger partial charge in [0.1, 0.15) is 0 Å². The Morgan fingerprint density at radius 3 is 2.83 bits per heavy atom. The van der Waals surface area contributed by atoms with Gasteiger partial charge in [-0.2, -0.15) is 4.31 Å². The summed E-state index contributed by atoms with van der Waals surface area (Å²) >= 11 is 0. The van der Waals surface area contributed by atoms with E-state index in [4.69, 9.17) is 4.74 Å². The van der Waals surface area contributed by atoms with Gasteiger partial charge in [0.2, 0.25) is 10.0 Å². The summed E-state index contributed by atoms with van der Waals surface area (Å²) in [5.41, 5.74) is -0.364. The van der Waals surface area contributed by atoms with E-state index in [2.05, 4.69) is 4.98 Å². The van der Waals surface area contributed by atoms with Crippen LogP contribution >= 0.6 is 0 Å². The lowest BCUT2D eigenvalue weighted by Crippen LogP contribution is -2.35. The minimum atomic E-state index is -3.44. The zero-order valence-electron chi connectivity index (χ0n) is 12.7. The quantitative estimate of drug-likeness (QED) is 0.857. The van der Waals surface area contributed by atoms with Crippen LogP contribution in [0.3, 0.4) is 0 Å². The van der Waals surface area contributed by atoms with Crippen LogP contribution in [-0.4, -0.2) is 47.6 Å².